The summed E-state index contributed by atoms with van der Waals surface area (Å²) in [5.41, 5.74) is 0.972. The van der Waals surface area contributed by atoms with Gasteiger partial charge in [-0.1, -0.05) is 0 Å². The maximum Gasteiger partial charge on any atom is 0.294 e. The van der Waals surface area contributed by atoms with Gasteiger partial charge in [0, 0.05) is 18.6 Å². The topological polar surface area (TPSA) is 50.1 Å². The van der Waals surface area contributed by atoms with Crippen molar-refractivity contribution in [1.29, 1.82) is 0 Å². The monoisotopic (exact) mass is 195 g/mol. The van der Waals surface area contributed by atoms with Crippen molar-refractivity contribution in [1.82, 2.24) is 10.3 Å². The Kier molecular flexibility index (Phi) is 2.72. The number of hydrogen-bond donors (Lipinski definition) is 2. The van der Waals surface area contributed by atoms with E-state index < -0.39 is 0 Å². The summed E-state index contributed by atoms with van der Waals surface area (Å²) in [6.45, 7) is 4.94. The molecule has 0 unspecified atom stereocenters. The van der Waals surface area contributed by atoms with E-state index in [0.29, 0.717) is 18.1 Å². The maximum atomic E-state index is 5.27. The molecule has 0 atom stereocenters. The zero-order chi connectivity index (χ0) is 9.97. The average molecular weight is 195 g/mol. The molecule has 1 saturated carbocycles. The molecule has 2 N–H and O–H groups in total. The first-order valence-corrected chi connectivity index (χ1v) is 5.18. The summed E-state index contributed by atoms with van der Waals surface area (Å²) in [5, 5.41) is 6.51. The fourth-order valence-corrected chi connectivity index (χ4v) is 1.24. The van der Waals surface area contributed by atoms with Crippen molar-refractivity contribution in [3.8, 4) is 0 Å². The van der Waals surface area contributed by atoms with Crippen molar-refractivity contribution in [3.05, 3.63) is 12.0 Å². The lowest BCUT2D eigenvalue weighted by molar-refractivity contribution is 0.561. The van der Waals surface area contributed by atoms with Gasteiger partial charge in [0.1, 0.15) is 6.26 Å². The highest BCUT2D eigenvalue weighted by Gasteiger charge is 2.20. The second-order valence-electron chi connectivity index (χ2n) is 4.10. The highest BCUT2D eigenvalue weighted by atomic mass is 16.4. The first-order chi connectivity index (χ1) is 6.74. The van der Waals surface area contributed by atoms with Crippen LogP contribution in [0.25, 0.3) is 0 Å². The Bertz CT molecular complexity index is 291. The third kappa shape index (κ3) is 2.73. The molecule has 1 heterocycles. The molecule has 0 aliphatic heterocycles. The Morgan fingerprint density at radius 3 is 3.00 bits per heavy atom. The van der Waals surface area contributed by atoms with Gasteiger partial charge in [-0.25, -0.2) is 0 Å². The quantitative estimate of drug-likeness (QED) is 0.751. The summed E-state index contributed by atoms with van der Waals surface area (Å²) in [6, 6.07) is 1.69. The van der Waals surface area contributed by atoms with E-state index in [1.165, 1.54) is 12.8 Å². The predicted octanol–water partition coefficient (Wildman–Crippen LogP) is 1.75. The van der Waals surface area contributed by atoms with E-state index in [4.69, 9.17) is 4.42 Å². The number of nitrogens with zero attached hydrogens (tertiary/aromatic N) is 1. The second kappa shape index (κ2) is 4.00. The predicted molar refractivity (Wildman–Crippen MR) is 55.1 cm³/mol. The molecule has 78 valence electrons. The van der Waals surface area contributed by atoms with Gasteiger partial charge in [-0.2, -0.15) is 4.98 Å². The van der Waals surface area contributed by atoms with Crippen LogP contribution in [0.4, 0.5) is 6.01 Å². The van der Waals surface area contributed by atoms with Gasteiger partial charge in [0.05, 0.1) is 5.69 Å². The van der Waals surface area contributed by atoms with Gasteiger partial charge in [-0.05, 0) is 26.7 Å². The molecule has 0 amide bonds. The molecule has 1 aromatic rings. The number of oxazole rings is 1. The molecule has 0 aromatic carbocycles. The van der Waals surface area contributed by atoms with Crippen LogP contribution in [-0.2, 0) is 6.54 Å². The fraction of sp³-hybridized carbons (Fsp3) is 0.700. The van der Waals surface area contributed by atoms with E-state index in [1.807, 2.05) is 0 Å². The van der Waals surface area contributed by atoms with E-state index in [0.717, 1.165) is 12.2 Å². The molecule has 0 radical (unpaired) electrons. The summed E-state index contributed by atoms with van der Waals surface area (Å²) >= 11 is 0. The lowest BCUT2D eigenvalue weighted by atomic mass is 10.4. The highest BCUT2D eigenvalue weighted by molar-refractivity contribution is 5.22. The van der Waals surface area contributed by atoms with Gasteiger partial charge in [0.25, 0.3) is 6.01 Å². The summed E-state index contributed by atoms with van der Waals surface area (Å²) in [6.07, 6.45) is 4.31. The molecule has 0 bridgehead atoms. The van der Waals surface area contributed by atoms with Crippen LogP contribution in [0, 0.1) is 0 Å². The third-order valence-corrected chi connectivity index (χ3v) is 2.11. The molecule has 1 aromatic heterocycles. The first kappa shape index (κ1) is 9.52. The van der Waals surface area contributed by atoms with Crippen LogP contribution in [0.5, 0.6) is 0 Å². The highest BCUT2D eigenvalue weighted by Crippen LogP contribution is 2.19. The largest absolute Gasteiger partial charge is 0.432 e. The molecule has 4 heteroatoms. The fourth-order valence-electron chi connectivity index (χ4n) is 1.24. The van der Waals surface area contributed by atoms with Crippen LogP contribution < -0.4 is 10.6 Å². The summed E-state index contributed by atoms with van der Waals surface area (Å²) in [4.78, 5) is 4.31. The van der Waals surface area contributed by atoms with Gasteiger partial charge in [-0.3, -0.25) is 0 Å². The smallest absolute Gasteiger partial charge is 0.294 e. The second-order valence-corrected chi connectivity index (χ2v) is 4.10. The molecule has 0 saturated heterocycles. The molecule has 2 rings (SSSR count). The average Bonchev–Trinajstić information content (AvgIpc) is 2.84. The Labute approximate surface area is 84.1 Å². The first-order valence-electron chi connectivity index (χ1n) is 5.18. The minimum absolute atomic E-state index is 0.359. The van der Waals surface area contributed by atoms with Crippen LogP contribution >= 0.6 is 0 Å². The standard InChI is InChI=1S/C10H17N3O/c1-7(2)12-10-13-9(6-14-10)5-11-8-3-4-8/h6-8,11H,3-5H2,1-2H3,(H,12,13). The number of hydrogen-bond acceptors (Lipinski definition) is 4. The van der Waals surface area contributed by atoms with E-state index in [9.17, 15) is 0 Å². The number of nitrogens with one attached hydrogen (secondary N) is 2. The Balaban J connectivity index is 1.81. The number of aromatic nitrogens is 1. The Hall–Kier alpha value is -1.03. The van der Waals surface area contributed by atoms with Crippen molar-refractivity contribution in [2.75, 3.05) is 5.32 Å². The molecule has 1 fully saturated rings. The zero-order valence-electron chi connectivity index (χ0n) is 8.71. The van der Waals surface area contributed by atoms with Crippen molar-refractivity contribution in [3.63, 3.8) is 0 Å². The van der Waals surface area contributed by atoms with E-state index in [2.05, 4.69) is 29.5 Å². The molecule has 0 spiro atoms. The molecule has 1 aliphatic rings. The molecule has 4 nitrogen and oxygen atoms in total. The van der Waals surface area contributed by atoms with Gasteiger partial charge in [-0.15, -0.1) is 0 Å². The van der Waals surface area contributed by atoms with E-state index in [1.54, 1.807) is 6.26 Å². The van der Waals surface area contributed by atoms with Crippen LogP contribution in [0.15, 0.2) is 10.7 Å². The van der Waals surface area contributed by atoms with Crippen LogP contribution in [0.2, 0.25) is 0 Å². The Morgan fingerprint density at radius 2 is 2.36 bits per heavy atom. The lowest BCUT2D eigenvalue weighted by Gasteiger charge is -2.03. The van der Waals surface area contributed by atoms with E-state index in [-0.39, 0.29) is 0 Å². The minimum atomic E-state index is 0.359. The molecule has 1 aliphatic carbocycles. The molecule has 14 heavy (non-hydrogen) atoms. The van der Waals surface area contributed by atoms with Crippen LogP contribution in [-0.4, -0.2) is 17.1 Å². The van der Waals surface area contributed by atoms with Crippen LogP contribution in [0.3, 0.4) is 0 Å². The summed E-state index contributed by atoms with van der Waals surface area (Å²) < 4.78 is 5.27. The van der Waals surface area contributed by atoms with Crippen molar-refractivity contribution in [2.45, 2.75) is 45.3 Å². The third-order valence-electron chi connectivity index (χ3n) is 2.11. The summed E-state index contributed by atoms with van der Waals surface area (Å²) in [7, 11) is 0. The van der Waals surface area contributed by atoms with Gasteiger partial charge in [0.2, 0.25) is 0 Å². The lowest BCUT2D eigenvalue weighted by Crippen LogP contribution is -2.15. The van der Waals surface area contributed by atoms with Gasteiger partial charge < -0.3 is 15.1 Å². The van der Waals surface area contributed by atoms with E-state index >= 15 is 0 Å². The normalized spacial score (nSPS) is 16.2. The van der Waals surface area contributed by atoms with Crippen molar-refractivity contribution < 1.29 is 4.42 Å². The van der Waals surface area contributed by atoms with Crippen molar-refractivity contribution in [2.24, 2.45) is 0 Å². The van der Waals surface area contributed by atoms with Gasteiger partial charge >= 0.3 is 0 Å². The van der Waals surface area contributed by atoms with Gasteiger partial charge in [0.15, 0.2) is 0 Å². The summed E-state index contributed by atoms with van der Waals surface area (Å²) in [5.74, 6) is 0. The van der Waals surface area contributed by atoms with Crippen LogP contribution in [0.1, 0.15) is 32.4 Å². The molecular weight excluding hydrogens is 178 g/mol. The zero-order valence-corrected chi connectivity index (χ0v) is 8.71. The Morgan fingerprint density at radius 1 is 1.57 bits per heavy atom. The number of anilines is 1. The van der Waals surface area contributed by atoms with Crippen molar-refractivity contribution >= 4 is 6.01 Å². The number of rotatable bonds is 5. The molecular formula is C10H17N3O. The maximum absolute atomic E-state index is 5.27. The minimum Gasteiger partial charge on any atom is -0.432 e. The SMILES string of the molecule is CC(C)Nc1nc(CNC2CC2)co1.